The Labute approximate surface area is 118 Å². The Hall–Kier alpha value is -3.15. The highest BCUT2D eigenvalue weighted by molar-refractivity contribution is 6.06. The number of aromatic amines is 1. The van der Waals surface area contributed by atoms with Crippen LogP contribution >= 0.6 is 0 Å². The van der Waals surface area contributed by atoms with Crippen molar-refractivity contribution in [2.24, 2.45) is 0 Å². The van der Waals surface area contributed by atoms with Gasteiger partial charge in [0.25, 0.3) is 5.91 Å². The number of carbonyl (C=O) groups is 1. The molecule has 0 aliphatic heterocycles. The SMILES string of the molecule is O=C(Nc1ccc2nc[nH]c2c1)c1ccc2ocnc2c1. The van der Waals surface area contributed by atoms with Crippen molar-refractivity contribution < 1.29 is 9.21 Å². The fraction of sp³-hybridized carbons (Fsp3) is 0. The minimum Gasteiger partial charge on any atom is -0.443 e. The lowest BCUT2D eigenvalue weighted by Gasteiger charge is -2.05. The average Bonchev–Trinajstić information content (AvgIpc) is 3.14. The first-order valence-corrected chi connectivity index (χ1v) is 6.37. The minimum atomic E-state index is -0.196. The number of rotatable bonds is 2. The highest BCUT2D eigenvalue weighted by Crippen LogP contribution is 2.18. The number of carbonyl (C=O) groups excluding carboxylic acids is 1. The van der Waals surface area contributed by atoms with Crippen molar-refractivity contribution in [3.05, 3.63) is 54.7 Å². The third-order valence-corrected chi connectivity index (χ3v) is 3.27. The molecule has 1 amide bonds. The summed E-state index contributed by atoms with van der Waals surface area (Å²) >= 11 is 0. The number of aromatic nitrogens is 3. The van der Waals surface area contributed by atoms with Gasteiger partial charge in [0.2, 0.25) is 0 Å². The van der Waals surface area contributed by atoms with Gasteiger partial charge in [-0.15, -0.1) is 0 Å². The minimum absolute atomic E-state index is 0.196. The molecule has 2 N–H and O–H groups in total. The fourth-order valence-electron chi connectivity index (χ4n) is 2.22. The molecule has 2 aromatic heterocycles. The topological polar surface area (TPSA) is 83.8 Å². The summed E-state index contributed by atoms with van der Waals surface area (Å²) in [6.07, 6.45) is 2.98. The van der Waals surface area contributed by atoms with Crippen molar-refractivity contribution in [3.63, 3.8) is 0 Å². The Morgan fingerprint density at radius 3 is 3.00 bits per heavy atom. The lowest BCUT2D eigenvalue weighted by molar-refractivity contribution is 0.102. The van der Waals surface area contributed by atoms with Gasteiger partial charge in [-0.1, -0.05) is 0 Å². The van der Waals surface area contributed by atoms with Crippen LogP contribution in [0.4, 0.5) is 5.69 Å². The number of hydrogen-bond donors (Lipinski definition) is 2. The highest BCUT2D eigenvalue weighted by atomic mass is 16.3. The number of oxazole rings is 1. The standard InChI is InChI=1S/C15H10N4O2/c20-15(9-1-4-14-13(5-9)18-8-21-14)19-10-2-3-11-12(6-10)17-7-16-11/h1-8H,(H,16,17)(H,19,20). The van der Waals surface area contributed by atoms with E-state index in [9.17, 15) is 4.79 Å². The van der Waals surface area contributed by atoms with E-state index in [1.54, 1.807) is 24.5 Å². The molecule has 4 aromatic rings. The molecule has 4 rings (SSSR count). The Bertz CT molecular complexity index is 954. The Kier molecular flexibility index (Phi) is 2.47. The van der Waals surface area contributed by atoms with E-state index in [1.165, 1.54) is 6.39 Å². The first-order valence-electron chi connectivity index (χ1n) is 6.37. The van der Waals surface area contributed by atoms with Gasteiger partial charge in [-0.05, 0) is 36.4 Å². The molecule has 102 valence electrons. The number of imidazole rings is 1. The van der Waals surface area contributed by atoms with Gasteiger partial charge in [-0.3, -0.25) is 4.79 Å². The predicted octanol–water partition coefficient (Wildman–Crippen LogP) is 2.96. The summed E-state index contributed by atoms with van der Waals surface area (Å²) < 4.78 is 5.16. The van der Waals surface area contributed by atoms with Crippen LogP contribution in [0.3, 0.4) is 0 Å². The second-order valence-electron chi connectivity index (χ2n) is 4.62. The monoisotopic (exact) mass is 278 g/mol. The van der Waals surface area contributed by atoms with Gasteiger partial charge in [0.05, 0.1) is 17.4 Å². The summed E-state index contributed by atoms with van der Waals surface area (Å²) in [7, 11) is 0. The molecule has 0 unspecified atom stereocenters. The van der Waals surface area contributed by atoms with Crippen LogP contribution < -0.4 is 5.32 Å². The normalized spacial score (nSPS) is 11.0. The van der Waals surface area contributed by atoms with Crippen molar-refractivity contribution in [2.45, 2.75) is 0 Å². The van der Waals surface area contributed by atoms with Crippen molar-refractivity contribution in [1.82, 2.24) is 15.0 Å². The molecule has 0 atom stereocenters. The number of nitrogens with zero attached hydrogens (tertiary/aromatic N) is 2. The van der Waals surface area contributed by atoms with Crippen LogP contribution in [0.5, 0.6) is 0 Å². The molecule has 0 fully saturated rings. The van der Waals surface area contributed by atoms with Gasteiger partial charge in [0, 0.05) is 11.3 Å². The van der Waals surface area contributed by atoms with E-state index in [-0.39, 0.29) is 5.91 Å². The number of H-pyrrole nitrogens is 1. The number of fused-ring (bicyclic) bond motifs is 2. The van der Waals surface area contributed by atoms with Crippen molar-refractivity contribution in [3.8, 4) is 0 Å². The second kappa shape index (κ2) is 4.45. The second-order valence-corrected chi connectivity index (χ2v) is 4.62. The maximum Gasteiger partial charge on any atom is 0.255 e. The van der Waals surface area contributed by atoms with Crippen LogP contribution in [-0.2, 0) is 0 Å². The average molecular weight is 278 g/mol. The fourth-order valence-corrected chi connectivity index (χ4v) is 2.22. The molecule has 2 aromatic carbocycles. The Balaban J connectivity index is 1.64. The number of amides is 1. The zero-order valence-electron chi connectivity index (χ0n) is 10.8. The molecule has 0 aliphatic carbocycles. The van der Waals surface area contributed by atoms with Crippen LogP contribution in [0, 0.1) is 0 Å². The quantitative estimate of drug-likeness (QED) is 0.590. The molecule has 0 spiro atoms. The zero-order valence-corrected chi connectivity index (χ0v) is 10.8. The van der Waals surface area contributed by atoms with Gasteiger partial charge in [0.15, 0.2) is 12.0 Å². The van der Waals surface area contributed by atoms with Gasteiger partial charge < -0.3 is 14.7 Å². The van der Waals surface area contributed by atoms with Crippen LogP contribution in [0.2, 0.25) is 0 Å². The number of nitrogens with one attached hydrogen (secondary N) is 2. The third-order valence-electron chi connectivity index (χ3n) is 3.27. The number of anilines is 1. The smallest absolute Gasteiger partial charge is 0.255 e. The lowest BCUT2D eigenvalue weighted by atomic mass is 10.2. The Morgan fingerprint density at radius 1 is 1.10 bits per heavy atom. The van der Waals surface area contributed by atoms with Crippen LogP contribution in [0.25, 0.3) is 22.1 Å². The van der Waals surface area contributed by atoms with E-state index in [2.05, 4.69) is 20.3 Å². The van der Waals surface area contributed by atoms with Crippen LogP contribution in [0.1, 0.15) is 10.4 Å². The maximum absolute atomic E-state index is 12.3. The number of hydrogen-bond acceptors (Lipinski definition) is 4. The van der Waals surface area contributed by atoms with Crippen molar-refractivity contribution in [1.29, 1.82) is 0 Å². The molecule has 0 saturated carbocycles. The van der Waals surface area contributed by atoms with E-state index in [0.29, 0.717) is 22.4 Å². The van der Waals surface area contributed by atoms with E-state index in [4.69, 9.17) is 4.42 Å². The summed E-state index contributed by atoms with van der Waals surface area (Å²) in [5.74, 6) is -0.196. The van der Waals surface area contributed by atoms with E-state index in [1.807, 2.05) is 18.2 Å². The largest absolute Gasteiger partial charge is 0.443 e. The van der Waals surface area contributed by atoms with Gasteiger partial charge in [-0.25, -0.2) is 9.97 Å². The van der Waals surface area contributed by atoms with Gasteiger partial charge in [-0.2, -0.15) is 0 Å². The number of benzene rings is 2. The van der Waals surface area contributed by atoms with Gasteiger partial charge in [0.1, 0.15) is 5.52 Å². The van der Waals surface area contributed by atoms with E-state index >= 15 is 0 Å². The molecule has 0 radical (unpaired) electrons. The molecule has 0 saturated heterocycles. The molecular weight excluding hydrogens is 268 g/mol. The van der Waals surface area contributed by atoms with E-state index < -0.39 is 0 Å². The summed E-state index contributed by atoms with van der Waals surface area (Å²) in [6.45, 7) is 0. The first kappa shape index (κ1) is 11.7. The highest BCUT2D eigenvalue weighted by Gasteiger charge is 2.09. The van der Waals surface area contributed by atoms with Crippen LogP contribution in [-0.4, -0.2) is 20.9 Å². The van der Waals surface area contributed by atoms with Crippen molar-refractivity contribution in [2.75, 3.05) is 5.32 Å². The summed E-state index contributed by atoms with van der Waals surface area (Å²) in [4.78, 5) is 23.4. The summed E-state index contributed by atoms with van der Waals surface area (Å²) in [5.41, 5.74) is 4.28. The lowest BCUT2D eigenvalue weighted by Crippen LogP contribution is -2.11. The van der Waals surface area contributed by atoms with Crippen molar-refractivity contribution >= 4 is 33.7 Å². The summed E-state index contributed by atoms with van der Waals surface area (Å²) in [5, 5.41) is 2.85. The summed E-state index contributed by atoms with van der Waals surface area (Å²) in [6, 6.07) is 10.6. The first-order chi connectivity index (χ1) is 10.3. The Morgan fingerprint density at radius 2 is 2.05 bits per heavy atom. The predicted molar refractivity (Wildman–Crippen MR) is 78.1 cm³/mol. The molecule has 6 nitrogen and oxygen atoms in total. The maximum atomic E-state index is 12.3. The van der Waals surface area contributed by atoms with Gasteiger partial charge >= 0.3 is 0 Å². The molecule has 0 aliphatic rings. The molecular formula is C15H10N4O2. The molecule has 6 heteroatoms. The third kappa shape index (κ3) is 2.02. The zero-order chi connectivity index (χ0) is 14.2. The molecule has 2 heterocycles. The van der Waals surface area contributed by atoms with E-state index in [0.717, 1.165) is 11.0 Å². The van der Waals surface area contributed by atoms with Crippen LogP contribution in [0.15, 0.2) is 53.5 Å². The molecule has 0 bridgehead atoms. The molecule has 21 heavy (non-hydrogen) atoms.